The molecule has 2 aromatic carbocycles. The van der Waals surface area contributed by atoms with Crippen LogP contribution in [0.5, 0.6) is 0 Å². The molecule has 4 heteroatoms. The van der Waals surface area contributed by atoms with Crippen LogP contribution in [0.1, 0.15) is 36.5 Å². The van der Waals surface area contributed by atoms with Crippen LogP contribution in [0.25, 0.3) is 5.57 Å². The average molecular weight is 382 g/mol. The lowest BCUT2D eigenvalue weighted by atomic mass is 9.93. The molecule has 27 heavy (non-hydrogen) atoms. The zero-order chi connectivity index (χ0) is 19.1. The smallest absolute Gasteiger partial charge is 0.302 e. The second-order valence-corrected chi connectivity index (χ2v) is 7.86. The van der Waals surface area contributed by atoms with Crippen molar-refractivity contribution in [2.75, 3.05) is 26.7 Å². The molecule has 1 aliphatic heterocycles. The number of benzene rings is 2. The maximum Gasteiger partial charge on any atom is 0.302 e. The van der Waals surface area contributed by atoms with E-state index in [4.69, 9.17) is 4.74 Å². The van der Waals surface area contributed by atoms with Crippen molar-refractivity contribution in [1.82, 2.24) is 4.90 Å². The summed E-state index contributed by atoms with van der Waals surface area (Å²) in [4.78, 5) is 14.5. The highest BCUT2D eigenvalue weighted by Gasteiger charge is 2.17. The normalized spacial score (nSPS) is 14.6. The number of esters is 1. The van der Waals surface area contributed by atoms with Crippen LogP contribution >= 0.6 is 11.8 Å². The lowest BCUT2D eigenvalue weighted by molar-refractivity contribution is -0.141. The van der Waals surface area contributed by atoms with Gasteiger partial charge in [-0.25, -0.2) is 0 Å². The number of carbonyl (C=O) groups excluding carboxylic acids is 1. The Morgan fingerprint density at radius 1 is 1.11 bits per heavy atom. The Hall–Kier alpha value is -2.04. The lowest BCUT2D eigenvalue weighted by Crippen LogP contribution is -2.22. The van der Waals surface area contributed by atoms with Gasteiger partial charge in [-0.05, 0) is 48.2 Å². The van der Waals surface area contributed by atoms with Gasteiger partial charge in [0, 0.05) is 30.7 Å². The molecule has 0 N–H and O–H groups in total. The largest absolute Gasteiger partial charge is 0.466 e. The highest BCUT2D eigenvalue weighted by molar-refractivity contribution is 7.98. The van der Waals surface area contributed by atoms with Gasteiger partial charge in [-0.15, -0.1) is 11.8 Å². The Balaban J connectivity index is 1.69. The van der Waals surface area contributed by atoms with E-state index >= 15 is 0 Å². The van der Waals surface area contributed by atoms with Gasteiger partial charge in [0.25, 0.3) is 0 Å². The van der Waals surface area contributed by atoms with Gasteiger partial charge < -0.3 is 9.64 Å². The van der Waals surface area contributed by atoms with Gasteiger partial charge in [-0.2, -0.15) is 0 Å². The summed E-state index contributed by atoms with van der Waals surface area (Å²) in [5, 5.41) is 0. The molecule has 0 saturated heterocycles. The highest BCUT2D eigenvalue weighted by atomic mass is 32.2. The van der Waals surface area contributed by atoms with Crippen LogP contribution in [0.3, 0.4) is 0 Å². The minimum atomic E-state index is -0.203. The van der Waals surface area contributed by atoms with Crippen molar-refractivity contribution in [3.63, 3.8) is 0 Å². The van der Waals surface area contributed by atoms with Gasteiger partial charge in [0.1, 0.15) is 0 Å². The first kappa shape index (κ1) is 19.7. The Morgan fingerprint density at radius 2 is 1.85 bits per heavy atom. The van der Waals surface area contributed by atoms with Gasteiger partial charge in [0.15, 0.2) is 0 Å². The topological polar surface area (TPSA) is 29.5 Å². The standard InChI is InChI=1S/C23H27NO2S/c1-18(25)26-16-8-15-24(2)14-7-12-21-20-10-4-3-9-19(20)17-27-23-13-6-5-11-22(21)23/h3-6,9-13H,7-8,14-17H2,1-2H3. The molecule has 0 spiro atoms. The summed E-state index contributed by atoms with van der Waals surface area (Å²) in [6.45, 7) is 3.87. The summed E-state index contributed by atoms with van der Waals surface area (Å²) in [6, 6.07) is 17.4. The van der Waals surface area contributed by atoms with E-state index in [1.165, 1.54) is 34.1 Å². The zero-order valence-corrected chi connectivity index (χ0v) is 16.9. The van der Waals surface area contributed by atoms with Gasteiger partial charge in [-0.3, -0.25) is 4.79 Å². The van der Waals surface area contributed by atoms with Crippen LogP contribution in [-0.4, -0.2) is 37.6 Å². The van der Waals surface area contributed by atoms with Crippen LogP contribution in [0.2, 0.25) is 0 Å². The van der Waals surface area contributed by atoms with Crippen molar-refractivity contribution < 1.29 is 9.53 Å². The molecule has 142 valence electrons. The molecule has 0 amide bonds. The van der Waals surface area contributed by atoms with Crippen molar-refractivity contribution >= 4 is 23.3 Å². The minimum absolute atomic E-state index is 0.203. The molecule has 0 saturated carbocycles. The SMILES string of the molecule is CC(=O)OCCCN(C)CCC=C1c2ccccc2CSc2ccccc21. The van der Waals surface area contributed by atoms with Gasteiger partial charge >= 0.3 is 5.97 Å². The maximum absolute atomic E-state index is 10.8. The number of fused-ring (bicyclic) bond motifs is 2. The van der Waals surface area contributed by atoms with Crippen molar-refractivity contribution in [2.24, 2.45) is 0 Å². The molecule has 0 atom stereocenters. The molecule has 0 fully saturated rings. The third kappa shape index (κ3) is 5.47. The summed E-state index contributed by atoms with van der Waals surface area (Å²) >= 11 is 1.92. The van der Waals surface area contributed by atoms with Crippen molar-refractivity contribution in [3.8, 4) is 0 Å². The van der Waals surface area contributed by atoms with Crippen LogP contribution in [0.4, 0.5) is 0 Å². The molecule has 0 unspecified atom stereocenters. The number of hydrogen-bond acceptors (Lipinski definition) is 4. The van der Waals surface area contributed by atoms with Crippen molar-refractivity contribution in [2.45, 2.75) is 30.4 Å². The van der Waals surface area contributed by atoms with Gasteiger partial charge in [0.05, 0.1) is 6.61 Å². The van der Waals surface area contributed by atoms with Crippen molar-refractivity contribution in [1.29, 1.82) is 0 Å². The zero-order valence-electron chi connectivity index (χ0n) is 16.1. The Kier molecular flexibility index (Phi) is 7.13. The molecular formula is C23H27NO2S. The van der Waals surface area contributed by atoms with E-state index in [0.29, 0.717) is 6.61 Å². The van der Waals surface area contributed by atoms with E-state index in [1.807, 2.05) is 11.8 Å². The number of thioether (sulfide) groups is 1. The number of hydrogen-bond donors (Lipinski definition) is 0. The Labute approximate surface area is 166 Å². The number of rotatable bonds is 7. The molecule has 3 nitrogen and oxygen atoms in total. The molecule has 0 aliphatic carbocycles. The summed E-state index contributed by atoms with van der Waals surface area (Å²) in [5.41, 5.74) is 5.44. The lowest BCUT2D eigenvalue weighted by Gasteiger charge is -2.16. The summed E-state index contributed by atoms with van der Waals surface area (Å²) in [5.74, 6) is 0.812. The van der Waals surface area contributed by atoms with E-state index in [1.54, 1.807) is 0 Å². The van der Waals surface area contributed by atoms with Crippen LogP contribution in [0.15, 0.2) is 59.5 Å². The highest BCUT2D eigenvalue weighted by Crippen LogP contribution is 2.39. The summed E-state index contributed by atoms with van der Waals surface area (Å²) < 4.78 is 5.00. The first-order valence-electron chi connectivity index (χ1n) is 9.47. The molecule has 0 radical (unpaired) electrons. The fraction of sp³-hybridized carbons (Fsp3) is 0.348. The average Bonchev–Trinajstić information content (AvgIpc) is 2.83. The number of nitrogens with zero attached hydrogens (tertiary/aromatic N) is 1. The van der Waals surface area contributed by atoms with E-state index in [-0.39, 0.29) is 5.97 Å². The molecule has 0 aromatic heterocycles. The molecule has 1 heterocycles. The Bertz CT molecular complexity index is 766. The maximum atomic E-state index is 10.8. The van der Waals surface area contributed by atoms with Crippen LogP contribution in [0, 0.1) is 0 Å². The molecule has 3 rings (SSSR count). The van der Waals surface area contributed by atoms with Gasteiger partial charge in [-0.1, -0.05) is 48.5 Å². The predicted octanol–water partition coefficient (Wildman–Crippen LogP) is 5.00. The molecule has 2 aromatic rings. The van der Waals surface area contributed by atoms with Crippen LogP contribution < -0.4 is 0 Å². The van der Waals surface area contributed by atoms with E-state index in [2.05, 4.69) is 66.6 Å². The van der Waals surface area contributed by atoms with Crippen molar-refractivity contribution in [3.05, 3.63) is 71.3 Å². The van der Waals surface area contributed by atoms with E-state index < -0.39 is 0 Å². The summed E-state index contributed by atoms with van der Waals surface area (Å²) in [6.07, 6.45) is 4.24. The molecule has 0 bridgehead atoms. The minimum Gasteiger partial charge on any atom is -0.466 e. The Morgan fingerprint density at radius 3 is 2.67 bits per heavy atom. The quantitative estimate of drug-likeness (QED) is 0.499. The number of carbonyl (C=O) groups is 1. The molecule has 1 aliphatic rings. The monoisotopic (exact) mass is 381 g/mol. The third-order valence-corrected chi connectivity index (χ3v) is 5.84. The van der Waals surface area contributed by atoms with Crippen LogP contribution in [-0.2, 0) is 15.3 Å². The summed E-state index contributed by atoms with van der Waals surface area (Å²) in [7, 11) is 2.12. The second-order valence-electron chi connectivity index (χ2n) is 6.85. The predicted molar refractivity (Wildman–Crippen MR) is 113 cm³/mol. The molecular weight excluding hydrogens is 354 g/mol. The fourth-order valence-electron chi connectivity index (χ4n) is 3.34. The second kappa shape index (κ2) is 9.77. The first-order valence-corrected chi connectivity index (χ1v) is 10.5. The van der Waals surface area contributed by atoms with E-state index in [0.717, 1.165) is 31.7 Å². The fourth-order valence-corrected chi connectivity index (χ4v) is 4.41. The van der Waals surface area contributed by atoms with E-state index in [9.17, 15) is 4.79 Å². The van der Waals surface area contributed by atoms with Gasteiger partial charge in [0.2, 0.25) is 0 Å². The third-order valence-electron chi connectivity index (χ3n) is 4.72. The first-order chi connectivity index (χ1) is 13.1. The number of ether oxygens (including phenoxy) is 1.